The van der Waals surface area contributed by atoms with Gasteiger partial charge in [-0.2, -0.15) is 4.98 Å². The Bertz CT molecular complexity index is 1030. The molecule has 2 aromatic rings. The molecule has 1 amide bonds. The number of rotatable bonds is 11. The smallest absolute Gasteiger partial charge is 0.220 e. The summed E-state index contributed by atoms with van der Waals surface area (Å²) in [5.74, 6) is 0.864. The molecule has 182 valence electrons. The fraction of sp³-hybridized carbons (Fsp3) is 0.407. The molecule has 1 aromatic heterocycles. The van der Waals surface area contributed by atoms with Crippen molar-refractivity contribution in [3.8, 4) is 11.8 Å². The number of hydrogen-bond donors (Lipinski definition) is 3. The molecule has 1 aliphatic carbocycles. The van der Waals surface area contributed by atoms with Gasteiger partial charge < -0.3 is 25.2 Å². The van der Waals surface area contributed by atoms with Gasteiger partial charge in [0.15, 0.2) is 0 Å². The molecular weight excluding hydrogens is 430 g/mol. The number of nitrogens with zero attached hydrogens (tertiary/aromatic N) is 1. The summed E-state index contributed by atoms with van der Waals surface area (Å²) in [6, 6.07) is 13.9. The normalized spacial score (nSPS) is 18.8. The minimum Gasteiger partial charge on any atom is -0.481 e. The molecule has 3 rings (SSSR count). The SMILES string of the molecule is COc1nc(OCC2(CO)C=CC=C(c3ccccc3)C2(C)C)ccc1CNCCNC(C)=O. The molecular formula is C27H35N3O4. The Morgan fingerprint density at radius 2 is 1.88 bits per heavy atom. The molecule has 3 N–H and O–H groups in total. The van der Waals surface area contributed by atoms with Gasteiger partial charge in [0.05, 0.1) is 19.1 Å². The van der Waals surface area contributed by atoms with E-state index in [1.54, 1.807) is 7.11 Å². The number of aromatic nitrogens is 1. The van der Waals surface area contributed by atoms with Crippen molar-refractivity contribution in [1.82, 2.24) is 15.6 Å². The summed E-state index contributed by atoms with van der Waals surface area (Å²) in [5.41, 5.74) is 2.18. The van der Waals surface area contributed by atoms with Gasteiger partial charge in [0, 0.05) is 43.6 Å². The Labute approximate surface area is 201 Å². The number of amides is 1. The number of allylic oxidation sites excluding steroid dienone is 3. The summed E-state index contributed by atoms with van der Waals surface area (Å²) in [6.45, 7) is 7.72. The van der Waals surface area contributed by atoms with Crippen LogP contribution in [0.15, 0.2) is 60.7 Å². The van der Waals surface area contributed by atoms with E-state index in [1.165, 1.54) is 6.92 Å². The lowest BCUT2D eigenvalue weighted by atomic mass is 9.59. The second kappa shape index (κ2) is 11.3. The second-order valence-corrected chi connectivity index (χ2v) is 9.01. The van der Waals surface area contributed by atoms with E-state index in [2.05, 4.69) is 47.7 Å². The highest BCUT2D eigenvalue weighted by molar-refractivity contribution is 5.74. The predicted molar refractivity (Wildman–Crippen MR) is 134 cm³/mol. The van der Waals surface area contributed by atoms with Crippen LogP contribution in [0.2, 0.25) is 0 Å². The molecule has 0 bridgehead atoms. The van der Waals surface area contributed by atoms with Crippen LogP contribution >= 0.6 is 0 Å². The fourth-order valence-electron chi connectivity index (χ4n) is 4.21. The van der Waals surface area contributed by atoms with Crippen molar-refractivity contribution in [2.24, 2.45) is 10.8 Å². The highest BCUT2D eigenvalue weighted by Crippen LogP contribution is 2.52. The molecule has 7 nitrogen and oxygen atoms in total. The van der Waals surface area contributed by atoms with Gasteiger partial charge >= 0.3 is 0 Å². The number of aliphatic hydroxyl groups is 1. The highest BCUT2D eigenvalue weighted by atomic mass is 16.5. The van der Waals surface area contributed by atoms with Gasteiger partial charge in [-0.15, -0.1) is 0 Å². The summed E-state index contributed by atoms with van der Waals surface area (Å²) in [6.07, 6.45) is 6.14. The molecule has 1 unspecified atom stereocenters. The largest absolute Gasteiger partial charge is 0.481 e. The molecule has 1 atom stereocenters. The van der Waals surface area contributed by atoms with Crippen LogP contribution in [0.3, 0.4) is 0 Å². The summed E-state index contributed by atoms with van der Waals surface area (Å²) in [5, 5.41) is 16.5. The van der Waals surface area contributed by atoms with Crippen LogP contribution in [0.4, 0.5) is 0 Å². The Kier molecular flexibility index (Phi) is 8.47. The van der Waals surface area contributed by atoms with Gasteiger partial charge in [-0.1, -0.05) is 62.4 Å². The topological polar surface area (TPSA) is 92.7 Å². The van der Waals surface area contributed by atoms with E-state index in [0.717, 1.165) is 16.7 Å². The van der Waals surface area contributed by atoms with E-state index in [9.17, 15) is 9.90 Å². The van der Waals surface area contributed by atoms with Crippen molar-refractivity contribution in [1.29, 1.82) is 0 Å². The van der Waals surface area contributed by atoms with E-state index in [-0.39, 0.29) is 24.5 Å². The third-order valence-electron chi connectivity index (χ3n) is 6.54. The van der Waals surface area contributed by atoms with Crippen LogP contribution in [0.5, 0.6) is 11.8 Å². The van der Waals surface area contributed by atoms with Crippen molar-refractivity contribution in [3.05, 3.63) is 71.8 Å². The molecule has 0 radical (unpaired) electrons. The maximum absolute atomic E-state index is 11.0. The van der Waals surface area contributed by atoms with E-state index >= 15 is 0 Å². The first-order valence-corrected chi connectivity index (χ1v) is 11.5. The first-order chi connectivity index (χ1) is 16.3. The standard InChI is InChI=1S/C27H35N3O4/c1-20(32)29-16-15-28-17-22-12-13-24(30-25(22)33-4)34-19-27(18-31)14-8-11-23(26(27,2)3)21-9-6-5-7-10-21/h5-14,28,31H,15-19H2,1-4H3,(H,29,32). The van der Waals surface area contributed by atoms with Crippen molar-refractivity contribution in [2.75, 3.05) is 33.4 Å². The fourth-order valence-corrected chi connectivity index (χ4v) is 4.21. The number of benzene rings is 1. The number of pyridine rings is 1. The first kappa shape index (κ1) is 25.5. The zero-order chi connectivity index (χ0) is 24.6. The van der Waals surface area contributed by atoms with Gasteiger partial charge in [0.25, 0.3) is 0 Å². The quantitative estimate of drug-likeness (QED) is 0.441. The van der Waals surface area contributed by atoms with E-state index in [1.807, 2.05) is 42.5 Å². The Balaban J connectivity index is 1.70. The minimum atomic E-state index is -0.619. The van der Waals surface area contributed by atoms with Gasteiger partial charge in [-0.05, 0) is 17.2 Å². The molecule has 0 saturated carbocycles. The monoisotopic (exact) mass is 465 g/mol. The van der Waals surface area contributed by atoms with Gasteiger partial charge in [0.2, 0.25) is 17.7 Å². The van der Waals surface area contributed by atoms with Gasteiger partial charge in [-0.3, -0.25) is 4.79 Å². The number of nitrogens with one attached hydrogen (secondary N) is 2. The molecule has 1 aliphatic rings. The Morgan fingerprint density at radius 3 is 2.56 bits per heavy atom. The third kappa shape index (κ3) is 5.66. The molecule has 0 spiro atoms. The zero-order valence-electron chi connectivity index (χ0n) is 20.4. The van der Waals surface area contributed by atoms with Crippen LogP contribution in [0.25, 0.3) is 5.57 Å². The summed E-state index contributed by atoms with van der Waals surface area (Å²) < 4.78 is 11.6. The third-order valence-corrected chi connectivity index (χ3v) is 6.54. The average Bonchev–Trinajstić information content (AvgIpc) is 2.83. The predicted octanol–water partition coefficient (Wildman–Crippen LogP) is 3.35. The summed E-state index contributed by atoms with van der Waals surface area (Å²) in [7, 11) is 1.58. The maximum Gasteiger partial charge on any atom is 0.220 e. The van der Waals surface area contributed by atoms with E-state index < -0.39 is 5.41 Å². The van der Waals surface area contributed by atoms with Crippen molar-refractivity contribution >= 4 is 11.5 Å². The number of hydrogen-bond acceptors (Lipinski definition) is 6. The Morgan fingerprint density at radius 1 is 1.12 bits per heavy atom. The molecule has 0 aliphatic heterocycles. The number of carbonyl (C=O) groups is 1. The maximum atomic E-state index is 11.0. The number of ether oxygens (including phenoxy) is 2. The number of methoxy groups -OCH3 is 1. The van der Waals surface area contributed by atoms with Crippen molar-refractivity contribution in [2.45, 2.75) is 27.3 Å². The second-order valence-electron chi connectivity index (χ2n) is 9.01. The zero-order valence-corrected chi connectivity index (χ0v) is 20.4. The summed E-state index contributed by atoms with van der Waals surface area (Å²) in [4.78, 5) is 15.5. The molecule has 0 saturated heterocycles. The first-order valence-electron chi connectivity index (χ1n) is 11.5. The van der Waals surface area contributed by atoms with Crippen molar-refractivity contribution in [3.63, 3.8) is 0 Å². The lowest BCUT2D eigenvalue weighted by Crippen LogP contribution is -2.46. The van der Waals surface area contributed by atoms with Crippen LogP contribution < -0.4 is 20.1 Å². The molecule has 34 heavy (non-hydrogen) atoms. The Hall–Kier alpha value is -3.16. The van der Waals surface area contributed by atoms with E-state index in [4.69, 9.17) is 9.47 Å². The number of carbonyl (C=O) groups excluding carboxylic acids is 1. The minimum absolute atomic E-state index is 0.0504. The average molecular weight is 466 g/mol. The lowest BCUT2D eigenvalue weighted by molar-refractivity contribution is -0.118. The van der Waals surface area contributed by atoms with Gasteiger partial charge in [-0.25, -0.2) is 0 Å². The number of aliphatic hydroxyl groups excluding tert-OH is 1. The molecule has 1 heterocycles. The highest BCUT2D eigenvalue weighted by Gasteiger charge is 2.47. The van der Waals surface area contributed by atoms with Crippen LogP contribution in [-0.4, -0.2) is 49.4 Å². The van der Waals surface area contributed by atoms with Crippen LogP contribution in [0, 0.1) is 10.8 Å². The van der Waals surface area contributed by atoms with Gasteiger partial charge in [0.1, 0.15) is 6.61 Å². The lowest BCUT2D eigenvalue weighted by Gasteiger charge is -2.46. The molecule has 7 heteroatoms. The van der Waals surface area contributed by atoms with Crippen LogP contribution in [-0.2, 0) is 11.3 Å². The van der Waals surface area contributed by atoms with Crippen LogP contribution in [0.1, 0.15) is 31.9 Å². The summed E-state index contributed by atoms with van der Waals surface area (Å²) >= 11 is 0. The molecule has 0 fully saturated rings. The molecule has 1 aromatic carbocycles. The van der Waals surface area contributed by atoms with Crippen molar-refractivity contribution < 1.29 is 19.4 Å². The van der Waals surface area contributed by atoms with E-state index in [0.29, 0.717) is 31.4 Å².